The van der Waals surface area contributed by atoms with Gasteiger partial charge in [0.15, 0.2) is 0 Å². The maximum Gasteiger partial charge on any atom is 0.257 e. The molecule has 0 atom stereocenters. The molecule has 0 aliphatic rings. The highest BCUT2D eigenvalue weighted by Crippen LogP contribution is 2.29. The summed E-state index contributed by atoms with van der Waals surface area (Å²) in [7, 11) is 0. The summed E-state index contributed by atoms with van der Waals surface area (Å²) in [6, 6.07) is 9.45. The van der Waals surface area contributed by atoms with Gasteiger partial charge >= 0.3 is 0 Å². The molecule has 132 valence electrons. The zero-order valence-corrected chi connectivity index (χ0v) is 14.4. The van der Waals surface area contributed by atoms with Crippen molar-refractivity contribution < 1.29 is 9.21 Å². The van der Waals surface area contributed by atoms with Crippen LogP contribution >= 0.6 is 0 Å². The molecule has 5 aromatic rings. The van der Waals surface area contributed by atoms with Gasteiger partial charge in [-0.2, -0.15) is 5.10 Å². The van der Waals surface area contributed by atoms with Crippen molar-refractivity contribution in [2.45, 2.75) is 6.92 Å². The standard InChI is InChI=1S/C20H15N5O2/c1-12-6-15-8-21-11-25(15)9-17(12)20(26)22-14-2-3-18-16(7-14)19(24-23-18)13-4-5-27-10-13/h2-11H,1H3,(H,22,26)(H,23,24). The van der Waals surface area contributed by atoms with Gasteiger partial charge in [0.05, 0.1) is 41.6 Å². The van der Waals surface area contributed by atoms with Crippen LogP contribution < -0.4 is 5.32 Å². The predicted octanol–water partition coefficient (Wildman–Crippen LogP) is 4.03. The number of fused-ring (bicyclic) bond motifs is 2. The Kier molecular flexibility index (Phi) is 3.33. The number of carbonyl (C=O) groups is 1. The lowest BCUT2D eigenvalue weighted by Crippen LogP contribution is -2.14. The van der Waals surface area contributed by atoms with Crippen molar-refractivity contribution >= 4 is 28.0 Å². The number of aromatic amines is 1. The van der Waals surface area contributed by atoms with Crippen LogP contribution in [0.25, 0.3) is 27.7 Å². The average Bonchev–Trinajstić information content (AvgIpc) is 3.40. The van der Waals surface area contributed by atoms with Crippen molar-refractivity contribution in [3.8, 4) is 11.3 Å². The third kappa shape index (κ3) is 2.56. The van der Waals surface area contributed by atoms with E-state index in [0.717, 1.165) is 33.2 Å². The topological polar surface area (TPSA) is 88.2 Å². The van der Waals surface area contributed by atoms with Crippen molar-refractivity contribution in [2.24, 2.45) is 0 Å². The number of hydrogen-bond donors (Lipinski definition) is 2. The van der Waals surface area contributed by atoms with Crippen LogP contribution in [0.3, 0.4) is 0 Å². The van der Waals surface area contributed by atoms with Crippen LogP contribution in [0.15, 0.2) is 66.0 Å². The summed E-state index contributed by atoms with van der Waals surface area (Å²) < 4.78 is 6.98. The molecule has 0 aliphatic carbocycles. The monoisotopic (exact) mass is 357 g/mol. The minimum absolute atomic E-state index is 0.171. The molecule has 0 saturated heterocycles. The lowest BCUT2D eigenvalue weighted by atomic mass is 10.1. The molecule has 1 aromatic carbocycles. The lowest BCUT2D eigenvalue weighted by molar-refractivity contribution is 0.102. The van der Waals surface area contributed by atoms with Crippen LogP contribution in [0.2, 0.25) is 0 Å². The van der Waals surface area contributed by atoms with Gasteiger partial charge in [-0.1, -0.05) is 0 Å². The number of anilines is 1. The predicted molar refractivity (Wildman–Crippen MR) is 102 cm³/mol. The van der Waals surface area contributed by atoms with E-state index in [0.29, 0.717) is 11.3 Å². The van der Waals surface area contributed by atoms with Crippen LogP contribution in [-0.4, -0.2) is 25.5 Å². The first kappa shape index (κ1) is 15.4. The molecule has 0 aliphatic heterocycles. The molecule has 0 bridgehead atoms. The molecule has 7 nitrogen and oxygen atoms in total. The van der Waals surface area contributed by atoms with Crippen molar-refractivity contribution in [1.29, 1.82) is 0 Å². The maximum absolute atomic E-state index is 12.8. The van der Waals surface area contributed by atoms with E-state index >= 15 is 0 Å². The van der Waals surface area contributed by atoms with Crippen molar-refractivity contribution in [1.82, 2.24) is 19.6 Å². The summed E-state index contributed by atoms with van der Waals surface area (Å²) >= 11 is 0. The molecule has 0 spiro atoms. The zero-order valence-electron chi connectivity index (χ0n) is 14.4. The maximum atomic E-state index is 12.8. The van der Waals surface area contributed by atoms with Gasteiger partial charge in [0.1, 0.15) is 5.69 Å². The van der Waals surface area contributed by atoms with Gasteiger partial charge < -0.3 is 14.1 Å². The Balaban J connectivity index is 1.51. The van der Waals surface area contributed by atoms with E-state index in [2.05, 4.69) is 20.5 Å². The summed E-state index contributed by atoms with van der Waals surface area (Å²) in [4.78, 5) is 16.9. The number of H-pyrrole nitrogens is 1. The number of amides is 1. The second kappa shape index (κ2) is 5.84. The number of nitrogens with one attached hydrogen (secondary N) is 2. The first-order chi connectivity index (χ1) is 13.2. The highest BCUT2D eigenvalue weighted by Gasteiger charge is 2.14. The van der Waals surface area contributed by atoms with Crippen molar-refractivity contribution in [3.63, 3.8) is 0 Å². The van der Waals surface area contributed by atoms with Gasteiger partial charge in [-0.05, 0) is 42.8 Å². The number of pyridine rings is 1. The lowest BCUT2D eigenvalue weighted by Gasteiger charge is -2.09. The largest absolute Gasteiger partial charge is 0.472 e. The smallest absolute Gasteiger partial charge is 0.257 e. The molecule has 27 heavy (non-hydrogen) atoms. The zero-order chi connectivity index (χ0) is 18.4. The van der Waals surface area contributed by atoms with Gasteiger partial charge in [0, 0.05) is 22.8 Å². The number of benzene rings is 1. The first-order valence-corrected chi connectivity index (χ1v) is 8.43. The van der Waals surface area contributed by atoms with Crippen LogP contribution in [-0.2, 0) is 0 Å². The van der Waals surface area contributed by atoms with Gasteiger partial charge in [-0.25, -0.2) is 4.98 Å². The summed E-state index contributed by atoms with van der Waals surface area (Å²) in [5.74, 6) is -0.171. The molecule has 0 unspecified atom stereocenters. The number of furan rings is 1. The SMILES string of the molecule is Cc1cc2cncn2cc1C(=O)Nc1ccc2[nH]nc(-c3ccoc3)c2c1. The molecule has 0 saturated carbocycles. The molecule has 1 amide bonds. The Bertz CT molecular complexity index is 1280. The van der Waals surface area contributed by atoms with E-state index in [1.165, 1.54) is 0 Å². The van der Waals surface area contributed by atoms with Gasteiger partial charge in [0.25, 0.3) is 5.91 Å². The van der Waals surface area contributed by atoms with Gasteiger partial charge in [0.2, 0.25) is 0 Å². The van der Waals surface area contributed by atoms with Crippen LogP contribution in [0.4, 0.5) is 5.69 Å². The number of carbonyl (C=O) groups excluding carboxylic acids is 1. The summed E-state index contributed by atoms with van der Waals surface area (Å²) in [5.41, 5.74) is 5.70. The molecule has 5 rings (SSSR count). The summed E-state index contributed by atoms with van der Waals surface area (Å²) in [6.07, 6.45) is 8.49. The van der Waals surface area contributed by atoms with E-state index in [4.69, 9.17) is 4.42 Å². The van der Waals surface area contributed by atoms with Crippen LogP contribution in [0, 0.1) is 6.92 Å². The number of aromatic nitrogens is 4. The number of rotatable bonds is 3. The van der Waals surface area contributed by atoms with E-state index in [9.17, 15) is 4.79 Å². The van der Waals surface area contributed by atoms with E-state index in [-0.39, 0.29) is 5.91 Å². The second-order valence-electron chi connectivity index (χ2n) is 6.39. The highest BCUT2D eigenvalue weighted by molar-refractivity contribution is 6.06. The Morgan fingerprint density at radius 3 is 3.04 bits per heavy atom. The van der Waals surface area contributed by atoms with E-state index in [1.54, 1.807) is 31.2 Å². The Labute approximate surface area is 153 Å². The molecule has 0 radical (unpaired) electrons. The molecule has 2 N–H and O–H groups in total. The van der Waals surface area contributed by atoms with E-state index in [1.807, 2.05) is 41.7 Å². The number of hydrogen-bond acceptors (Lipinski definition) is 4. The average molecular weight is 357 g/mol. The minimum atomic E-state index is -0.171. The first-order valence-electron chi connectivity index (χ1n) is 8.43. The molecular weight excluding hydrogens is 342 g/mol. The molecule has 7 heteroatoms. The normalized spacial score (nSPS) is 11.3. The second-order valence-corrected chi connectivity index (χ2v) is 6.39. The number of imidazole rings is 1. The Morgan fingerprint density at radius 2 is 2.19 bits per heavy atom. The molecular formula is C20H15N5O2. The van der Waals surface area contributed by atoms with Gasteiger partial charge in [-0.3, -0.25) is 9.89 Å². The molecule has 4 aromatic heterocycles. The fourth-order valence-electron chi connectivity index (χ4n) is 3.22. The van der Waals surface area contributed by atoms with Crippen molar-refractivity contribution in [2.75, 3.05) is 5.32 Å². The summed E-state index contributed by atoms with van der Waals surface area (Å²) in [6.45, 7) is 1.91. The van der Waals surface area contributed by atoms with Gasteiger partial charge in [-0.15, -0.1) is 0 Å². The molecule has 4 heterocycles. The fraction of sp³-hybridized carbons (Fsp3) is 0.0500. The Morgan fingerprint density at radius 1 is 1.26 bits per heavy atom. The van der Waals surface area contributed by atoms with Crippen molar-refractivity contribution in [3.05, 3.63) is 72.7 Å². The van der Waals surface area contributed by atoms with Crippen LogP contribution in [0.1, 0.15) is 15.9 Å². The third-order valence-electron chi connectivity index (χ3n) is 4.61. The number of aryl methyl sites for hydroxylation is 1. The minimum Gasteiger partial charge on any atom is -0.472 e. The molecule has 0 fully saturated rings. The Hall–Kier alpha value is -3.87. The van der Waals surface area contributed by atoms with E-state index < -0.39 is 0 Å². The summed E-state index contributed by atoms with van der Waals surface area (Å²) in [5, 5.41) is 11.2. The fourth-order valence-corrected chi connectivity index (χ4v) is 3.22. The third-order valence-corrected chi connectivity index (χ3v) is 4.61. The number of nitrogens with zero attached hydrogens (tertiary/aromatic N) is 3. The quantitative estimate of drug-likeness (QED) is 0.510. The van der Waals surface area contributed by atoms with Crippen LogP contribution in [0.5, 0.6) is 0 Å². The highest BCUT2D eigenvalue weighted by atomic mass is 16.3.